The molecule has 0 bridgehead atoms. The molecule has 0 radical (unpaired) electrons. The van der Waals surface area contributed by atoms with Crippen LogP contribution in [0.2, 0.25) is 10.0 Å². The molecule has 0 saturated heterocycles. The summed E-state index contributed by atoms with van der Waals surface area (Å²) in [6, 6.07) is 6.23. The molecule has 4 atom stereocenters. The monoisotopic (exact) mass is 502 g/mol. The third-order valence-electron chi connectivity index (χ3n) is 4.40. The second-order valence-corrected chi connectivity index (χ2v) is 8.93. The van der Waals surface area contributed by atoms with E-state index in [-0.39, 0.29) is 6.54 Å². The molecule has 2 aromatic heterocycles. The summed E-state index contributed by atoms with van der Waals surface area (Å²) in [4.78, 5) is 4.45. The van der Waals surface area contributed by atoms with Gasteiger partial charge in [0.05, 0.1) is 41.7 Å². The number of hydrogen-bond acceptors (Lipinski definition) is 8. The molecule has 3 aromatic rings. The van der Waals surface area contributed by atoms with Crippen LogP contribution < -0.4 is 0 Å². The largest absolute Gasteiger partial charge is 0.394 e. The van der Waals surface area contributed by atoms with Gasteiger partial charge in [0, 0.05) is 16.7 Å². The summed E-state index contributed by atoms with van der Waals surface area (Å²) in [5, 5.41) is 38.9. The number of thioether (sulfide) groups is 1. The number of rotatable bonds is 10. The number of aliphatic hydroxyl groups excluding tert-OH is 3. The first-order chi connectivity index (χ1) is 15.3. The fraction of sp³-hybridized carbons (Fsp3) is 0.350. The van der Waals surface area contributed by atoms with Crippen LogP contribution in [0.15, 0.2) is 47.8 Å². The van der Waals surface area contributed by atoms with Crippen molar-refractivity contribution in [3.05, 3.63) is 58.7 Å². The van der Waals surface area contributed by atoms with Gasteiger partial charge in [0.2, 0.25) is 0 Å². The van der Waals surface area contributed by atoms with E-state index in [1.54, 1.807) is 24.4 Å². The second-order valence-electron chi connectivity index (χ2n) is 6.94. The molecule has 0 spiro atoms. The van der Waals surface area contributed by atoms with Crippen molar-refractivity contribution < 1.29 is 24.4 Å². The summed E-state index contributed by atoms with van der Waals surface area (Å²) >= 11 is 13.2. The van der Waals surface area contributed by atoms with Gasteiger partial charge in [-0.3, -0.25) is 4.98 Å². The van der Waals surface area contributed by atoms with Crippen molar-refractivity contribution in [3.63, 3.8) is 0 Å². The fourth-order valence-corrected chi connectivity index (χ4v) is 4.12. The zero-order chi connectivity index (χ0) is 23.3. The number of nitrogens with zero attached hydrogens (tertiary/aromatic N) is 4. The average Bonchev–Trinajstić information content (AvgIpc) is 3.21. The summed E-state index contributed by atoms with van der Waals surface area (Å²) in [6.07, 6.45) is 1.06. The zero-order valence-electron chi connectivity index (χ0n) is 16.8. The van der Waals surface area contributed by atoms with Crippen molar-refractivity contribution in [3.8, 4) is 11.3 Å². The molecular formula is C20H21Cl2FN4O4S. The maximum atomic E-state index is 13.4. The summed E-state index contributed by atoms with van der Waals surface area (Å²) < 4.78 is 20.6. The van der Waals surface area contributed by atoms with Gasteiger partial charge < -0.3 is 20.1 Å². The van der Waals surface area contributed by atoms with Crippen molar-refractivity contribution in [2.45, 2.75) is 42.1 Å². The van der Waals surface area contributed by atoms with E-state index in [4.69, 9.17) is 27.9 Å². The zero-order valence-corrected chi connectivity index (χ0v) is 19.2. The fourth-order valence-electron chi connectivity index (χ4n) is 2.71. The lowest BCUT2D eigenvalue weighted by molar-refractivity contribution is -0.0972. The predicted molar refractivity (Wildman–Crippen MR) is 119 cm³/mol. The highest BCUT2D eigenvalue weighted by Gasteiger charge is 2.28. The molecule has 0 aliphatic heterocycles. The topological polar surface area (TPSA) is 114 Å². The third kappa shape index (κ3) is 6.61. The van der Waals surface area contributed by atoms with Crippen molar-refractivity contribution in [1.82, 2.24) is 20.0 Å². The molecule has 8 nitrogen and oxygen atoms in total. The lowest BCUT2D eigenvalue weighted by Crippen LogP contribution is -2.39. The summed E-state index contributed by atoms with van der Waals surface area (Å²) in [5.41, 5.74) is -0.0725. The van der Waals surface area contributed by atoms with E-state index in [0.717, 1.165) is 18.0 Å². The molecule has 2 unspecified atom stereocenters. The lowest BCUT2D eigenvalue weighted by atomic mass is 10.2. The summed E-state index contributed by atoms with van der Waals surface area (Å²) in [6.45, 7) is 1.01. The van der Waals surface area contributed by atoms with Crippen LogP contribution in [0.3, 0.4) is 0 Å². The SMILES string of the molecule is C[C@@H](O)C(CO)OC(Sc1ccc(Cl)c(Cl)c1)[C@@H](O)Cn1cc(-c2cncc(F)c2)nn1. The highest BCUT2D eigenvalue weighted by atomic mass is 35.5. The molecular weight excluding hydrogens is 482 g/mol. The van der Waals surface area contributed by atoms with E-state index in [1.807, 2.05) is 0 Å². The smallest absolute Gasteiger partial charge is 0.142 e. The van der Waals surface area contributed by atoms with E-state index in [1.165, 1.54) is 23.9 Å². The predicted octanol–water partition coefficient (Wildman–Crippen LogP) is 3.02. The van der Waals surface area contributed by atoms with Gasteiger partial charge in [-0.25, -0.2) is 9.07 Å². The number of aliphatic hydroxyl groups is 3. The molecule has 0 aliphatic carbocycles. The number of benzene rings is 1. The molecule has 1 aromatic carbocycles. The maximum absolute atomic E-state index is 13.4. The molecule has 12 heteroatoms. The molecule has 2 heterocycles. The van der Waals surface area contributed by atoms with Gasteiger partial charge in [0.15, 0.2) is 0 Å². The molecule has 32 heavy (non-hydrogen) atoms. The minimum absolute atomic E-state index is 0.0211. The van der Waals surface area contributed by atoms with Gasteiger partial charge in [-0.2, -0.15) is 0 Å². The van der Waals surface area contributed by atoms with Gasteiger partial charge in [0.25, 0.3) is 0 Å². The Kier molecular flexibility index (Phi) is 8.83. The van der Waals surface area contributed by atoms with Crippen LogP contribution in [-0.4, -0.2) is 65.7 Å². The van der Waals surface area contributed by atoms with Crippen molar-refractivity contribution in [2.75, 3.05) is 6.61 Å². The minimum atomic E-state index is -1.12. The summed E-state index contributed by atoms with van der Waals surface area (Å²) in [7, 11) is 0. The van der Waals surface area contributed by atoms with Crippen LogP contribution in [0.25, 0.3) is 11.3 Å². The molecule has 0 saturated carbocycles. The van der Waals surface area contributed by atoms with E-state index < -0.39 is 36.2 Å². The normalized spacial score (nSPS) is 15.3. The number of halogens is 3. The van der Waals surface area contributed by atoms with Crippen LogP contribution in [-0.2, 0) is 11.3 Å². The van der Waals surface area contributed by atoms with E-state index in [2.05, 4.69) is 15.3 Å². The molecule has 3 rings (SSSR count). The van der Waals surface area contributed by atoms with Crippen LogP contribution >= 0.6 is 35.0 Å². The maximum Gasteiger partial charge on any atom is 0.142 e. The average molecular weight is 503 g/mol. The first-order valence-electron chi connectivity index (χ1n) is 9.52. The molecule has 172 valence electrons. The van der Waals surface area contributed by atoms with Crippen LogP contribution in [0.4, 0.5) is 4.39 Å². The Hall–Kier alpha value is -1.79. The first-order valence-corrected chi connectivity index (χ1v) is 11.2. The minimum Gasteiger partial charge on any atom is -0.394 e. The Morgan fingerprint density at radius 1 is 1.19 bits per heavy atom. The summed E-state index contributed by atoms with van der Waals surface area (Å²) in [5.74, 6) is -0.503. The van der Waals surface area contributed by atoms with E-state index in [9.17, 15) is 19.7 Å². The Balaban J connectivity index is 1.78. The van der Waals surface area contributed by atoms with Crippen molar-refractivity contribution in [2.24, 2.45) is 0 Å². The van der Waals surface area contributed by atoms with Crippen molar-refractivity contribution >= 4 is 35.0 Å². The number of hydrogen-bond donors (Lipinski definition) is 3. The Morgan fingerprint density at radius 2 is 1.97 bits per heavy atom. The standard InChI is InChI=1S/C20H21Cl2FN4O4S/c1-11(29)19(10-28)31-20(32-14-2-3-15(21)16(22)5-14)18(30)9-27-8-17(25-26-27)12-4-13(23)7-24-6-12/h2-8,11,18-20,28-30H,9-10H2,1H3/t11-,18+,19?,20?/m1/s1. The molecule has 0 fully saturated rings. The van der Waals surface area contributed by atoms with E-state index >= 15 is 0 Å². The van der Waals surface area contributed by atoms with E-state index in [0.29, 0.717) is 26.2 Å². The molecule has 3 N–H and O–H groups in total. The highest BCUT2D eigenvalue weighted by Crippen LogP contribution is 2.33. The van der Waals surface area contributed by atoms with Crippen LogP contribution in [0.1, 0.15) is 6.92 Å². The van der Waals surface area contributed by atoms with Crippen LogP contribution in [0.5, 0.6) is 0 Å². The third-order valence-corrected chi connectivity index (χ3v) is 6.32. The number of aromatic nitrogens is 4. The number of pyridine rings is 1. The Bertz CT molecular complexity index is 1040. The van der Waals surface area contributed by atoms with Gasteiger partial charge in [-0.05, 0) is 31.2 Å². The Labute approximate surface area is 198 Å². The Morgan fingerprint density at radius 3 is 2.62 bits per heavy atom. The quantitative estimate of drug-likeness (QED) is 0.286. The van der Waals surface area contributed by atoms with Crippen LogP contribution in [0, 0.1) is 5.82 Å². The second kappa shape index (κ2) is 11.4. The van der Waals surface area contributed by atoms with Gasteiger partial charge in [0.1, 0.15) is 29.2 Å². The van der Waals surface area contributed by atoms with Gasteiger partial charge in [-0.15, -0.1) is 5.10 Å². The molecule has 0 amide bonds. The number of ether oxygens (including phenoxy) is 1. The first kappa shape index (κ1) is 24.8. The molecule has 0 aliphatic rings. The van der Waals surface area contributed by atoms with Gasteiger partial charge in [-0.1, -0.05) is 40.2 Å². The highest BCUT2D eigenvalue weighted by molar-refractivity contribution is 7.99. The van der Waals surface area contributed by atoms with Crippen molar-refractivity contribution in [1.29, 1.82) is 0 Å². The van der Waals surface area contributed by atoms with Gasteiger partial charge >= 0.3 is 0 Å². The lowest BCUT2D eigenvalue weighted by Gasteiger charge is -2.28.